The highest BCUT2D eigenvalue weighted by molar-refractivity contribution is 5.85. The van der Waals surface area contributed by atoms with Crippen molar-refractivity contribution in [2.45, 2.75) is 26.2 Å². The average Bonchev–Trinajstić information content (AvgIpc) is 2.17. The largest absolute Gasteiger partial charge is 0.388 e. The van der Waals surface area contributed by atoms with E-state index in [0.717, 1.165) is 0 Å². The van der Waals surface area contributed by atoms with E-state index in [-0.39, 0.29) is 12.4 Å². The van der Waals surface area contributed by atoms with Crippen molar-refractivity contribution in [2.24, 2.45) is 0 Å². The maximum atomic E-state index is 3.11. The van der Waals surface area contributed by atoms with Gasteiger partial charge in [0.25, 0.3) is 0 Å². The molecule has 1 atom stereocenters. The van der Waals surface area contributed by atoms with E-state index < -0.39 is 0 Å². The van der Waals surface area contributed by atoms with Crippen molar-refractivity contribution in [3.05, 3.63) is 29.8 Å². The fourth-order valence-electron chi connectivity index (χ4n) is 1.21. The molecule has 0 radical (unpaired) electrons. The third-order valence-corrected chi connectivity index (χ3v) is 2.38. The predicted molar refractivity (Wildman–Crippen MR) is 61.9 cm³/mol. The van der Waals surface area contributed by atoms with Gasteiger partial charge in [0.1, 0.15) is 0 Å². The van der Waals surface area contributed by atoms with Crippen LogP contribution in [-0.2, 0) is 0 Å². The SMILES string of the molecule is CCC(C)c1ccc(NC)cc1.Cl. The molecule has 1 nitrogen and oxygen atoms in total. The van der Waals surface area contributed by atoms with Crippen LogP contribution in [0.2, 0.25) is 0 Å². The van der Waals surface area contributed by atoms with Gasteiger partial charge in [-0.2, -0.15) is 0 Å². The van der Waals surface area contributed by atoms with Gasteiger partial charge in [-0.05, 0) is 30.0 Å². The summed E-state index contributed by atoms with van der Waals surface area (Å²) < 4.78 is 0. The van der Waals surface area contributed by atoms with Crippen LogP contribution in [0.15, 0.2) is 24.3 Å². The van der Waals surface area contributed by atoms with Gasteiger partial charge >= 0.3 is 0 Å². The molecule has 0 saturated heterocycles. The Labute approximate surface area is 87.0 Å². The van der Waals surface area contributed by atoms with E-state index in [9.17, 15) is 0 Å². The molecule has 0 aliphatic carbocycles. The lowest BCUT2D eigenvalue weighted by Gasteiger charge is -2.09. The van der Waals surface area contributed by atoms with E-state index in [0.29, 0.717) is 5.92 Å². The maximum absolute atomic E-state index is 3.11. The number of benzene rings is 1. The van der Waals surface area contributed by atoms with Crippen molar-refractivity contribution < 1.29 is 0 Å². The van der Waals surface area contributed by atoms with E-state index in [1.165, 1.54) is 17.7 Å². The standard InChI is InChI=1S/C11H17N.ClH/c1-4-9(2)10-5-7-11(12-3)8-6-10;/h5-9,12H,4H2,1-3H3;1H. The van der Waals surface area contributed by atoms with Gasteiger partial charge in [0.15, 0.2) is 0 Å². The predicted octanol–water partition coefficient (Wildman–Crippen LogP) is 3.66. The van der Waals surface area contributed by atoms with Crippen molar-refractivity contribution in [1.29, 1.82) is 0 Å². The first-order valence-corrected chi connectivity index (χ1v) is 4.55. The third kappa shape index (κ3) is 3.27. The molecule has 0 aliphatic rings. The molecule has 1 aromatic rings. The first kappa shape index (κ1) is 12.3. The summed E-state index contributed by atoms with van der Waals surface area (Å²) in [7, 11) is 1.94. The summed E-state index contributed by atoms with van der Waals surface area (Å²) in [5.74, 6) is 0.677. The van der Waals surface area contributed by atoms with Crippen molar-refractivity contribution >= 4 is 18.1 Å². The second-order valence-corrected chi connectivity index (χ2v) is 3.18. The molecule has 1 aromatic carbocycles. The zero-order valence-corrected chi connectivity index (χ0v) is 9.32. The normalized spacial score (nSPS) is 11.6. The molecule has 0 fully saturated rings. The average molecular weight is 200 g/mol. The highest BCUT2D eigenvalue weighted by atomic mass is 35.5. The molecule has 13 heavy (non-hydrogen) atoms. The van der Waals surface area contributed by atoms with Gasteiger partial charge in [0.05, 0.1) is 0 Å². The topological polar surface area (TPSA) is 12.0 Å². The minimum Gasteiger partial charge on any atom is -0.388 e. The van der Waals surface area contributed by atoms with Gasteiger partial charge in [-0.25, -0.2) is 0 Å². The summed E-state index contributed by atoms with van der Waals surface area (Å²) in [4.78, 5) is 0. The van der Waals surface area contributed by atoms with Crippen molar-refractivity contribution in [3.63, 3.8) is 0 Å². The Balaban J connectivity index is 0.00000144. The van der Waals surface area contributed by atoms with Crippen LogP contribution < -0.4 is 5.32 Å². The molecule has 1 rings (SSSR count). The van der Waals surface area contributed by atoms with E-state index in [1.807, 2.05) is 7.05 Å². The highest BCUT2D eigenvalue weighted by Crippen LogP contribution is 2.19. The molecule has 1 unspecified atom stereocenters. The second kappa shape index (κ2) is 5.87. The van der Waals surface area contributed by atoms with Gasteiger partial charge in [-0.15, -0.1) is 12.4 Å². The highest BCUT2D eigenvalue weighted by Gasteiger charge is 2.00. The number of hydrogen-bond donors (Lipinski definition) is 1. The molecule has 0 bridgehead atoms. The Morgan fingerprint density at radius 3 is 2.15 bits per heavy atom. The first-order valence-electron chi connectivity index (χ1n) is 4.55. The molecular weight excluding hydrogens is 182 g/mol. The van der Waals surface area contributed by atoms with Crippen LogP contribution >= 0.6 is 12.4 Å². The number of halogens is 1. The summed E-state index contributed by atoms with van der Waals surface area (Å²) in [6.07, 6.45) is 1.21. The quantitative estimate of drug-likeness (QED) is 0.784. The van der Waals surface area contributed by atoms with Crippen molar-refractivity contribution in [2.75, 3.05) is 12.4 Å². The van der Waals surface area contributed by atoms with E-state index >= 15 is 0 Å². The number of hydrogen-bond acceptors (Lipinski definition) is 1. The lowest BCUT2D eigenvalue weighted by atomic mass is 9.99. The number of rotatable bonds is 3. The molecule has 74 valence electrons. The number of anilines is 1. The minimum absolute atomic E-state index is 0. The van der Waals surface area contributed by atoms with E-state index in [2.05, 4.69) is 43.4 Å². The molecule has 0 aromatic heterocycles. The first-order chi connectivity index (χ1) is 5.77. The van der Waals surface area contributed by atoms with Crippen LogP contribution in [0.5, 0.6) is 0 Å². The van der Waals surface area contributed by atoms with Gasteiger partial charge < -0.3 is 5.32 Å². The van der Waals surface area contributed by atoms with Gasteiger partial charge in [-0.1, -0.05) is 26.0 Å². The zero-order valence-electron chi connectivity index (χ0n) is 8.50. The van der Waals surface area contributed by atoms with Crippen LogP contribution in [-0.4, -0.2) is 7.05 Å². The van der Waals surface area contributed by atoms with Gasteiger partial charge in [0.2, 0.25) is 0 Å². The minimum atomic E-state index is 0. The van der Waals surface area contributed by atoms with E-state index in [4.69, 9.17) is 0 Å². The molecule has 0 aliphatic heterocycles. The third-order valence-electron chi connectivity index (χ3n) is 2.38. The maximum Gasteiger partial charge on any atom is 0.0337 e. The van der Waals surface area contributed by atoms with Crippen LogP contribution in [0, 0.1) is 0 Å². The Kier molecular flexibility index (Phi) is 5.56. The monoisotopic (exact) mass is 199 g/mol. The Morgan fingerprint density at radius 2 is 1.77 bits per heavy atom. The molecule has 2 heteroatoms. The molecule has 1 N–H and O–H groups in total. The molecule has 0 amide bonds. The zero-order chi connectivity index (χ0) is 8.97. The molecular formula is C11H18ClN. The summed E-state index contributed by atoms with van der Waals surface area (Å²) in [5, 5.41) is 3.11. The summed E-state index contributed by atoms with van der Waals surface area (Å²) >= 11 is 0. The number of nitrogens with one attached hydrogen (secondary N) is 1. The van der Waals surface area contributed by atoms with Crippen LogP contribution in [0.3, 0.4) is 0 Å². The fraction of sp³-hybridized carbons (Fsp3) is 0.455. The molecule has 0 heterocycles. The van der Waals surface area contributed by atoms with Crippen LogP contribution in [0.4, 0.5) is 5.69 Å². The second-order valence-electron chi connectivity index (χ2n) is 3.18. The lowest BCUT2D eigenvalue weighted by Crippen LogP contribution is -1.92. The van der Waals surface area contributed by atoms with Crippen LogP contribution in [0.1, 0.15) is 31.7 Å². The summed E-state index contributed by atoms with van der Waals surface area (Å²) in [6.45, 7) is 4.48. The lowest BCUT2D eigenvalue weighted by molar-refractivity contribution is 0.734. The Hall–Kier alpha value is -0.690. The van der Waals surface area contributed by atoms with Gasteiger partial charge in [0, 0.05) is 12.7 Å². The van der Waals surface area contributed by atoms with Gasteiger partial charge in [-0.3, -0.25) is 0 Å². The Bertz CT molecular complexity index is 230. The molecule has 0 saturated carbocycles. The summed E-state index contributed by atoms with van der Waals surface area (Å²) in [6, 6.07) is 8.64. The summed E-state index contributed by atoms with van der Waals surface area (Å²) in [5.41, 5.74) is 2.61. The Morgan fingerprint density at radius 1 is 1.23 bits per heavy atom. The van der Waals surface area contributed by atoms with Crippen molar-refractivity contribution in [3.8, 4) is 0 Å². The molecule has 0 spiro atoms. The van der Waals surface area contributed by atoms with Crippen LogP contribution in [0.25, 0.3) is 0 Å². The smallest absolute Gasteiger partial charge is 0.0337 e. The van der Waals surface area contributed by atoms with Crippen molar-refractivity contribution in [1.82, 2.24) is 0 Å². The fourth-order valence-corrected chi connectivity index (χ4v) is 1.21. The van der Waals surface area contributed by atoms with E-state index in [1.54, 1.807) is 0 Å².